The van der Waals surface area contributed by atoms with E-state index in [2.05, 4.69) is 4.84 Å². The number of aliphatic hydroxyl groups excluding tert-OH is 1. The van der Waals surface area contributed by atoms with Crippen LogP contribution >= 0.6 is 23.5 Å². The van der Waals surface area contributed by atoms with Crippen LogP contribution in [0.2, 0.25) is 0 Å². The van der Waals surface area contributed by atoms with Gasteiger partial charge in [-0.05, 0) is 37.1 Å². The van der Waals surface area contributed by atoms with Crippen molar-refractivity contribution in [3.05, 3.63) is 60.7 Å². The van der Waals surface area contributed by atoms with Gasteiger partial charge in [-0.15, -0.1) is 23.5 Å². The van der Waals surface area contributed by atoms with Crippen LogP contribution in [0.4, 0.5) is 0 Å². The van der Waals surface area contributed by atoms with E-state index in [4.69, 9.17) is 5.90 Å². The van der Waals surface area contributed by atoms with Crippen LogP contribution in [0, 0.1) is 0 Å². The number of thioether (sulfide) groups is 2. The van der Waals surface area contributed by atoms with Crippen molar-refractivity contribution in [1.82, 2.24) is 0 Å². The first kappa shape index (κ1) is 18.9. The summed E-state index contributed by atoms with van der Waals surface area (Å²) < 4.78 is 0. The Kier molecular flexibility index (Phi) is 8.18. The normalized spacial score (nSPS) is 13.2. The summed E-state index contributed by atoms with van der Waals surface area (Å²) in [5.41, 5.74) is 0. The van der Waals surface area contributed by atoms with Gasteiger partial charge in [-0.2, -0.15) is 5.90 Å². The summed E-state index contributed by atoms with van der Waals surface area (Å²) >= 11 is 3.09. The van der Waals surface area contributed by atoms with E-state index >= 15 is 0 Å². The van der Waals surface area contributed by atoms with Gasteiger partial charge in [0.15, 0.2) is 0 Å². The molecule has 0 aliphatic heterocycles. The molecule has 3 N–H and O–H groups in total. The molecule has 0 aliphatic carbocycles. The van der Waals surface area contributed by atoms with Gasteiger partial charge in [0.2, 0.25) is 0 Å². The Labute approximate surface area is 150 Å². The SMILES string of the molecule is NOC(=O)C(CC(CCO)Sc1ccccc1)Sc1ccccc1. The number of hydrogen-bond acceptors (Lipinski definition) is 6. The van der Waals surface area contributed by atoms with Crippen LogP contribution in [0.25, 0.3) is 0 Å². The Hall–Kier alpha value is -1.47. The van der Waals surface area contributed by atoms with Crippen molar-refractivity contribution in [2.24, 2.45) is 5.90 Å². The molecule has 0 saturated carbocycles. The molecule has 2 aromatic carbocycles. The van der Waals surface area contributed by atoms with Gasteiger partial charge in [-0.1, -0.05) is 36.4 Å². The van der Waals surface area contributed by atoms with Gasteiger partial charge in [-0.25, -0.2) is 4.79 Å². The molecule has 6 heteroatoms. The van der Waals surface area contributed by atoms with Crippen molar-refractivity contribution in [3.8, 4) is 0 Å². The summed E-state index contributed by atoms with van der Waals surface area (Å²) in [4.78, 5) is 18.6. The molecule has 0 aliphatic rings. The van der Waals surface area contributed by atoms with Gasteiger partial charge in [-0.3, -0.25) is 0 Å². The monoisotopic (exact) mass is 363 g/mol. The van der Waals surface area contributed by atoms with E-state index in [1.807, 2.05) is 60.7 Å². The van der Waals surface area contributed by atoms with Gasteiger partial charge in [0.05, 0.1) is 0 Å². The minimum absolute atomic E-state index is 0.0743. The second kappa shape index (κ2) is 10.4. The van der Waals surface area contributed by atoms with Crippen molar-refractivity contribution >= 4 is 29.5 Å². The molecule has 4 nitrogen and oxygen atoms in total. The lowest BCUT2D eigenvalue weighted by Gasteiger charge is -2.21. The smallest absolute Gasteiger partial charge is 0.337 e. The number of benzene rings is 2. The largest absolute Gasteiger partial charge is 0.396 e. The maximum absolute atomic E-state index is 12.1. The third-order valence-corrected chi connectivity index (χ3v) is 5.89. The van der Waals surface area contributed by atoms with E-state index in [0.29, 0.717) is 12.8 Å². The molecule has 0 bridgehead atoms. The lowest BCUT2D eigenvalue weighted by Crippen LogP contribution is -2.27. The van der Waals surface area contributed by atoms with E-state index < -0.39 is 11.2 Å². The predicted octanol–water partition coefficient (Wildman–Crippen LogP) is 3.50. The first-order valence-electron chi connectivity index (χ1n) is 7.67. The summed E-state index contributed by atoms with van der Waals surface area (Å²) in [7, 11) is 0. The second-order valence-electron chi connectivity index (χ2n) is 5.16. The van der Waals surface area contributed by atoms with E-state index in [-0.39, 0.29) is 11.9 Å². The summed E-state index contributed by atoms with van der Waals surface area (Å²) in [6, 6.07) is 19.6. The van der Waals surface area contributed by atoms with Gasteiger partial charge >= 0.3 is 5.97 Å². The van der Waals surface area contributed by atoms with E-state index in [1.54, 1.807) is 11.8 Å². The molecule has 0 amide bonds. The standard InChI is InChI=1S/C18H21NO3S2/c19-22-18(21)17(24-15-9-5-2-6-10-15)13-16(11-12-20)23-14-7-3-1-4-8-14/h1-10,16-17,20H,11-13,19H2. The minimum atomic E-state index is -0.444. The zero-order chi connectivity index (χ0) is 17.2. The van der Waals surface area contributed by atoms with Gasteiger partial charge in [0.1, 0.15) is 5.25 Å². The molecule has 24 heavy (non-hydrogen) atoms. The molecule has 0 fully saturated rings. The van der Waals surface area contributed by atoms with Crippen LogP contribution in [0.3, 0.4) is 0 Å². The Balaban J connectivity index is 2.07. The predicted molar refractivity (Wildman–Crippen MR) is 98.8 cm³/mol. The lowest BCUT2D eigenvalue weighted by molar-refractivity contribution is -0.143. The van der Waals surface area contributed by atoms with Crippen molar-refractivity contribution in [3.63, 3.8) is 0 Å². The highest BCUT2D eigenvalue weighted by molar-refractivity contribution is 8.01. The average Bonchev–Trinajstić information content (AvgIpc) is 2.62. The number of rotatable bonds is 9. The summed E-state index contributed by atoms with van der Waals surface area (Å²) in [5.74, 6) is 4.67. The van der Waals surface area contributed by atoms with Crippen LogP contribution in [0.5, 0.6) is 0 Å². The zero-order valence-corrected chi connectivity index (χ0v) is 14.8. The molecule has 2 aromatic rings. The van der Waals surface area contributed by atoms with Gasteiger partial charge < -0.3 is 9.94 Å². The Morgan fingerprint density at radius 2 is 1.54 bits per heavy atom. The van der Waals surface area contributed by atoms with Crippen molar-refractivity contribution in [2.45, 2.75) is 33.1 Å². The molecular formula is C18H21NO3S2. The van der Waals surface area contributed by atoms with Crippen molar-refractivity contribution in [1.29, 1.82) is 0 Å². The molecule has 0 aromatic heterocycles. The Morgan fingerprint density at radius 3 is 2.04 bits per heavy atom. The quantitative estimate of drug-likeness (QED) is 0.525. The van der Waals surface area contributed by atoms with E-state index in [0.717, 1.165) is 9.79 Å². The highest BCUT2D eigenvalue weighted by atomic mass is 32.2. The highest BCUT2D eigenvalue weighted by Gasteiger charge is 2.26. The first-order valence-corrected chi connectivity index (χ1v) is 9.43. The fourth-order valence-corrected chi connectivity index (χ4v) is 4.69. The zero-order valence-electron chi connectivity index (χ0n) is 13.2. The summed E-state index contributed by atoms with van der Waals surface area (Å²) in [5, 5.41) is 9.04. The second-order valence-corrected chi connectivity index (χ2v) is 7.81. The molecule has 128 valence electrons. The molecule has 2 rings (SSSR count). The lowest BCUT2D eigenvalue weighted by atomic mass is 10.2. The van der Waals surface area contributed by atoms with Gasteiger partial charge in [0.25, 0.3) is 0 Å². The average molecular weight is 364 g/mol. The van der Waals surface area contributed by atoms with Gasteiger partial charge in [0, 0.05) is 21.6 Å². The molecule has 0 heterocycles. The number of carbonyl (C=O) groups excluding carboxylic acids is 1. The molecular weight excluding hydrogens is 342 g/mol. The van der Waals surface area contributed by atoms with Crippen LogP contribution in [-0.2, 0) is 9.63 Å². The molecule has 2 atom stereocenters. The first-order chi connectivity index (χ1) is 11.7. The fourth-order valence-electron chi connectivity index (χ4n) is 2.23. The number of aliphatic hydroxyl groups is 1. The molecule has 0 spiro atoms. The van der Waals surface area contributed by atoms with Crippen molar-refractivity contribution in [2.75, 3.05) is 6.61 Å². The maximum atomic E-state index is 12.1. The molecule has 0 saturated heterocycles. The molecule has 0 radical (unpaired) electrons. The van der Waals surface area contributed by atoms with E-state index in [1.165, 1.54) is 11.8 Å². The maximum Gasteiger partial charge on any atom is 0.337 e. The van der Waals surface area contributed by atoms with Crippen LogP contribution in [-0.4, -0.2) is 28.2 Å². The highest BCUT2D eigenvalue weighted by Crippen LogP contribution is 2.34. The summed E-state index contributed by atoms with van der Waals surface area (Å²) in [6.07, 6.45) is 1.17. The minimum Gasteiger partial charge on any atom is -0.396 e. The third kappa shape index (κ3) is 6.20. The molecule has 2 unspecified atom stereocenters. The summed E-state index contributed by atoms with van der Waals surface area (Å²) in [6.45, 7) is 0.0743. The van der Waals surface area contributed by atoms with Crippen LogP contribution in [0.1, 0.15) is 12.8 Å². The Morgan fingerprint density at radius 1 is 1.00 bits per heavy atom. The van der Waals surface area contributed by atoms with Crippen molar-refractivity contribution < 1.29 is 14.7 Å². The number of nitrogens with two attached hydrogens (primary N) is 1. The van der Waals surface area contributed by atoms with E-state index in [9.17, 15) is 9.90 Å². The third-order valence-electron chi connectivity index (χ3n) is 3.37. The number of hydrogen-bond donors (Lipinski definition) is 2. The Bertz CT molecular complexity index is 610. The van der Waals surface area contributed by atoms with Crippen LogP contribution in [0.15, 0.2) is 70.5 Å². The fraction of sp³-hybridized carbons (Fsp3) is 0.278. The number of carbonyl (C=O) groups is 1. The topological polar surface area (TPSA) is 72.5 Å². The van der Waals surface area contributed by atoms with Crippen LogP contribution < -0.4 is 5.90 Å².